The van der Waals surface area contributed by atoms with Gasteiger partial charge < -0.3 is 10.4 Å². The van der Waals surface area contributed by atoms with Crippen molar-refractivity contribution in [3.63, 3.8) is 0 Å². The van der Waals surface area contributed by atoms with Crippen LogP contribution in [-0.2, 0) is 13.0 Å². The van der Waals surface area contributed by atoms with Crippen LogP contribution in [0, 0.1) is 11.6 Å². The molecule has 8 heteroatoms. The average Bonchev–Trinajstić information content (AvgIpc) is 3.40. The van der Waals surface area contributed by atoms with Gasteiger partial charge in [0.1, 0.15) is 11.6 Å². The molecule has 0 bridgehead atoms. The van der Waals surface area contributed by atoms with Gasteiger partial charge in [0.05, 0.1) is 22.8 Å². The van der Waals surface area contributed by atoms with Crippen molar-refractivity contribution in [2.45, 2.75) is 13.0 Å². The molecule has 0 saturated heterocycles. The molecule has 1 amide bonds. The highest BCUT2D eigenvalue weighted by Gasteiger charge is 2.19. The molecule has 4 aromatic carbocycles. The Morgan fingerprint density at radius 2 is 1.61 bits per heavy atom. The summed E-state index contributed by atoms with van der Waals surface area (Å²) in [6.07, 6.45) is 3.59. The SMILES string of the molecule is O=C(O)c1ccc(CNC(=O)c2cc(-c3ccc(F)cc3)cn3ncc(Cc4ccc5ccccc5c4F)c23)cc1. The Kier molecular flexibility index (Phi) is 6.73. The molecule has 0 aliphatic carbocycles. The van der Waals surface area contributed by atoms with Crippen LogP contribution in [0.3, 0.4) is 0 Å². The number of pyridine rings is 1. The van der Waals surface area contributed by atoms with Gasteiger partial charge >= 0.3 is 5.97 Å². The summed E-state index contributed by atoms with van der Waals surface area (Å²) in [5, 5.41) is 17.8. The molecule has 2 N–H and O–H groups in total. The number of hydrogen-bond donors (Lipinski definition) is 2. The van der Waals surface area contributed by atoms with Gasteiger partial charge in [0.2, 0.25) is 0 Å². The molecule has 0 aliphatic rings. The van der Waals surface area contributed by atoms with Crippen molar-refractivity contribution in [1.82, 2.24) is 14.9 Å². The van der Waals surface area contributed by atoms with Crippen LogP contribution in [0.25, 0.3) is 27.4 Å². The van der Waals surface area contributed by atoms with Gasteiger partial charge in [0.15, 0.2) is 0 Å². The van der Waals surface area contributed by atoms with E-state index in [2.05, 4.69) is 10.4 Å². The maximum Gasteiger partial charge on any atom is 0.335 e. The van der Waals surface area contributed by atoms with E-state index in [9.17, 15) is 14.0 Å². The zero-order chi connectivity index (χ0) is 28.5. The van der Waals surface area contributed by atoms with Gasteiger partial charge in [-0.25, -0.2) is 18.1 Å². The molecule has 2 heterocycles. The molecular formula is C33H23F2N3O3. The highest BCUT2D eigenvalue weighted by atomic mass is 19.1. The Hall–Kier alpha value is -5.37. The second-order valence-electron chi connectivity index (χ2n) is 9.73. The van der Waals surface area contributed by atoms with E-state index in [4.69, 9.17) is 5.11 Å². The molecule has 0 unspecified atom stereocenters. The Morgan fingerprint density at radius 3 is 2.37 bits per heavy atom. The van der Waals surface area contributed by atoms with Gasteiger partial charge in [0, 0.05) is 35.7 Å². The number of halogens is 2. The lowest BCUT2D eigenvalue weighted by molar-refractivity contribution is 0.0696. The fraction of sp³-hybridized carbons (Fsp3) is 0.0606. The lowest BCUT2D eigenvalue weighted by Gasteiger charge is -2.12. The first-order valence-electron chi connectivity index (χ1n) is 12.9. The zero-order valence-corrected chi connectivity index (χ0v) is 21.6. The minimum atomic E-state index is -1.03. The van der Waals surface area contributed by atoms with Gasteiger partial charge in [-0.3, -0.25) is 4.79 Å². The van der Waals surface area contributed by atoms with E-state index in [0.717, 1.165) is 10.9 Å². The maximum absolute atomic E-state index is 15.5. The number of carbonyl (C=O) groups is 2. The standard InChI is InChI=1S/C33H23F2N3O3/c34-27-13-11-21(12-14-27)26-16-29(32(39)36-17-20-5-7-23(8-6-20)33(40)41)31-25(18-37-38(31)19-26)15-24-10-9-22-3-1-2-4-28(22)30(24)35/h1-14,16,18-19H,15,17H2,(H,36,39)(H,40,41). The fourth-order valence-corrected chi connectivity index (χ4v) is 4.95. The van der Waals surface area contributed by atoms with Crippen LogP contribution in [0.2, 0.25) is 0 Å². The molecule has 0 spiro atoms. The maximum atomic E-state index is 15.5. The minimum absolute atomic E-state index is 0.151. The fourth-order valence-electron chi connectivity index (χ4n) is 4.95. The number of rotatable bonds is 7. The second kappa shape index (κ2) is 10.7. The summed E-state index contributed by atoms with van der Waals surface area (Å²) in [7, 11) is 0. The molecular weight excluding hydrogens is 524 g/mol. The Labute approximate surface area is 233 Å². The van der Waals surface area contributed by atoms with Crippen molar-refractivity contribution >= 4 is 28.2 Å². The van der Waals surface area contributed by atoms with Gasteiger partial charge in [-0.1, -0.05) is 60.7 Å². The van der Waals surface area contributed by atoms with E-state index in [1.165, 1.54) is 24.3 Å². The largest absolute Gasteiger partial charge is 0.478 e. The summed E-state index contributed by atoms with van der Waals surface area (Å²) in [5.74, 6) is -2.11. The van der Waals surface area contributed by atoms with Crippen molar-refractivity contribution in [1.29, 1.82) is 0 Å². The molecule has 41 heavy (non-hydrogen) atoms. The first-order valence-corrected chi connectivity index (χ1v) is 12.9. The summed E-state index contributed by atoms with van der Waals surface area (Å²) in [6.45, 7) is 0.161. The van der Waals surface area contributed by atoms with E-state index in [1.54, 1.807) is 65.4 Å². The van der Waals surface area contributed by atoms with E-state index < -0.39 is 5.97 Å². The lowest BCUT2D eigenvalue weighted by Crippen LogP contribution is -2.24. The van der Waals surface area contributed by atoms with Crippen LogP contribution in [0.5, 0.6) is 0 Å². The number of amides is 1. The molecule has 0 saturated carbocycles. The summed E-state index contributed by atoms with van der Waals surface area (Å²) in [5.41, 5.74) is 4.22. The first kappa shape index (κ1) is 25.9. The summed E-state index contributed by atoms with van der Waals surface area (Å²) >= 11 is 0. The summed E-state index contributed by atoms with van der Waals surface area (Å²) in [4.78, 5) is 24.8. The van der Waals surface area contributed by atoms with E-state index in [-0.39, 0.29) is 36.1 Å². The van der Waals surface area contributed by atoms with Crippen molar-refractivity contribution in [3.8, 4) is 11.1 Å². The second-order valence-corrected chi connectivity index (χ2v) is 9.73. The minimum Gasteiger partial charge on any atom is -0.478 e. The number of carboxylic acids is 1. The van der Waals surface area contributed by atoms with Gasteiger partial charge in [-0.05, 0) is 52.4 Å². The van der Waals surface area contributed by atoms with Crippen LogP contribution in [0.4, 0.5) is 8.78 Å². The monoisotopic (exact) mass is 547 g/mol. The number of fused-ring (bicyclic) bond motifs is 2. The van der Waals surface area contributed by atoms with Gasteiger partial charge in [0.25, 0.3) is 5.91 Å². The van der Waals surface area contributed by atoms with Gasteiger partial charge in [-0.2, -0.15) is 5.10 Å². The first-order chi connectivity index (χ1) is 19.9. The smallest absolute Gasteiger partial charge is 0.335 e. The third-order valence-corrected chi connectivity index (χ3v) is 7.09. The molecule has 0 radical (unpaired) electrons. The molecule has 202 valence electrons. The Morgan fingerprint density at radius 1 is 0.854 bits per heavy atom. The van der Waals surface area contributed by atoms with Crippen molar-refractivity contribution in [2.24, 2.45) is 0 Å². The molecule has 0 atom stereocenters. The highest BCUT2D eigenvalue weighted by Crippen LogP contribution is 2.29. The van der Waals surface area contributed by atoms with Crippen molar-refractivity contribution in [2.75, 3.05) is 0 Å². The number of carboxylic acid groups (broad SMARTS) is 1. The number of nitrogens with zero attached hydrogens (tertiary/aromatic N) is 2. The lowest BCUT2D eigenvalue weighted by atomic mass is 9.98. The third kappa shape index (κ3) is 5.15. The topological polar surface area (TPSA) is 83.7 Å². The normalized spacial score (nSPS) is 11.2. The van der Waals surface area contributed by atoms with Crippen LogP contribution < -0.4 is 5.32 Å². The number of nitrogens with one attached hydrogen (secondary N) is 1. The molecule has 6 rings (SSSR count). The average molecular weight is 548 g/mol. The van der Waals surface area contributed by atoms with E-state index in [1.807, 2.05) is 18.2 Å². The number of benzene rings is 4. The highest BCUT2D eigenvalue weighted by molar-refractivity contribution is 6.02. The number of aromatic carboxylic acids is 1. The van der Waals surface area contributed by atoms with Crippen LogP contribution in [0.15, 0.2) is 103 Å². The molecule has 0 aliphatic heterocycles. The zero-order valence-electron chi connectivity index (χ0n) is 21.6. The van der Waals surface area contributed by atoms with Crippen LogP contribution in [0.1, 0.15) is 37.4 Å². The number of aromatic nitrogens is 2. The van der Waals surface area contributed by atoms with Crippen molar-refractivity contribution in [3.05, 3.63) is 143 Å². The molecule has 6 aromatic rings. The predicted molar refractivity (Wildman–Crippen MR) is 152 cm³/mol. The number of carbonyl (C=O) groups excluding carboxylic acids is 1. The van der Waals surface area contributed by atoms with Crippen LogP contribution in [-0.4, -0.2) is 26.6 Å². The number of hydrogen-bond acceptors (Lipinski definition) is 3. The summed E-state index contributed by atoms with van der Waals surface area (Å²) < 4.78 is 30.6. The Bertz CT molecular complexity index is 1930. The quantitative estimate of drug-likeness (QED) is 0.234. The van der Waals surface area contributed by atoms with E-state index >= 15 is 4.39 Å². The van der Waals surface area contributed by atoms with Crippen LogP contribution >= 0.6 is 0 Å². The third-order valence-electron chi connectivity index (χ3n) is 7.09. The van der Waals surface area contributed by atoms with Crippen molar-refractivity contribution < 1.29 is 23.5 Å². The predicted octanol–water partition coefficient (Wildman–Crippen LogP) is 6.65. The Balaban J connectivity index is 1.39. The van der Waals surface area contributed by atoms with E-state index in [0.29, 0.717) is 38.7 Å². The summed E-state index contributed by atoms with van der Waals surface area (Å²) in [6, 6.07) is 24.7. The molecule has 2 aromatic heterocycles. The molecule has 0 fully saturated rings. The molecule has 6 nitrogen and oxygen atoms in total. The van der Waals surface area contributed by atoms with Gasteiger partial charge in [-0.15, -0.1) is 0 Å².